The zero-order chi connectivity index (χ0) is 18.4. The minimum absolute atomic E-state index is 0.0809. The maximum absolute atomic E-state index is 12.9. The lowest BCUT2D eigenvalue weighted by atomic mass is 10.1. The largest absolute Gasteiger partial charge is 0.480 e. The van der Waals surface area contributed by atoms with Crippen LogP contribution < -0.4 is 0 Å². The molecule has 2 aromatic rings. The number of carboxylic acids is 1. The van der Waals surface area contributed by atoms with Crippen molar-refractivity contribution < 1.29 is 19.1 Å². The Bertz CT molecular complexity index is 730. The van der Waals surface area contributed by atoms with Crippen LogP contribution >= 0.6 is 11.3 Å². The summed E-state index contributed by atoms with van der Waals surface area (Å²) in [5, 5.41) is 11.6. The molecule has 0 saturated heterocycles. The number of benzene rings is 1. The van der Waals surface area contributed by atoms with E-state index in [2.05, 4.69) is 4.98 Å². The Balaban J connectivity index is 2.02. The average molecular weight is 364 g/mol. The van der Waals surface area contributed by atoms with Gasteiger partial charge >= 0.3 is 5.97 Å². The third-order valence-corrected chi connectivity index (χ3v) is 4.85. The molecule has 1 N–H and O–H groups in total. The summed E-state index contributed by atoms with van der Waals surface area (Å²) in [5.41, 5.74) is 1.58. The van der Waals surface area contributed by atoms with Crippen LogP contribution in [0.4, 0.5) is 4.39 Å². The van der Waals surface area contributed by atoms with E-state index in [0.717, 1.165) is 10.6 Å². The molecule has 1 aromatic heterocycles. The van der Waals surface area contributed by atoms with Gasteiger partial charge in [0.1, 0.15) is 12.4 Å². The average Bonchev–Trinajstić information content (AvgIpc) is 3.00. The number of carbonyl (C=O) groups is 2. The summed E-state index contributed by atoms with van der Waals surface area (Å²) in [6.07, 6.45) is 1.34. The molecular weight excluding hydrogens is 343 g/mol. The Hall–Kier alpha value is -2.28. The predicted octanol–water partition coefficient (Wildman–Crippen LogP) is 3.13. The van der Waals surface area contributed by atoms with Crippen molar-refractivity contribution in [2.45, 2.75) is 39.2 Å². The highest BCUT2D eigenvalue weighted by Gasteiger charge is 2.22. The second-order valence-corrected chi connectivity index (χ2v) is 6.83. The van der Waals surface area contributed by atoms with Crippen LogP contribution in [0.2, 0.25) is 0 Å². The minimum Gasteiger partial charge on any atom is -0.480 e. The molecular formula is C18H21FN2O3S. The minimum atomic E-state index is -1.02. The van der Waals surface area contributed by atoms with E-state index >= 15 is 0 Å². The molecule has 134 valence electrons. The monoisotopic (exact) mass is 364 g/mol. The lowest BCUT2D eigenvalue weighted by Gasteiger charge is -2.26. The third kappa shape index (κ3) is 5.63. The molecule has 0 bridgehead atoms. The van der Waals surface area contributed by atoms with Gasteiger partial charge in [0, 0.05) is 17.8 Å². The Morgan fingerprint density at radius 2 is 2.00 bits per heavy atom. The zero-order valence-electron chi connectivity index (χ0n) is 14.2. The van der Waals surface area contributed by atoms with Crippen molar-refractivity contribution in [2.75, 3.05) is 6.54 Å². The molecule has 25 heavy (non-hydrogen) atoms. The van der Waals surface area contributed by atoms with Gasteiger partial charge in [0.15, 0.2) is 0 Å². The van der Waals surface area contributed by atoms with E-state index in [4.69, 9.17) is 5.11 Å². The molecule has 0 aliphatic heterocycles. The summed E-state index contributed by atoms with van der Waals surface area (Å²) >= 11 is 1.44. The fourth-order valence-electron chi connectivity index (χ4n) is 2.40. The number of hydrogen-bond donors (Lipinski definition) is 1. The molecule has 1 heterocycles. The van der Waals surface area contributed by atoms with Gasteiger partial charge in [-0.25, -0.2) is 9.37 Å². The highest BCUT2D eigenvalue weighted by atomic mass is 32.1. The van der Waals surface area contributed by atoms with Crippen LogP contribution in [0.5, 0.6) is 0 Å². The molecule has 1 unspecified atom stereocenters. The Labute approximate surface area is 150 Å². The molecule has 1 atom stereocenters. The van der Waals surface area contributed by atoms with E-state index in [1.165, 1.54) is 28.4 Å². The highest BCUT2D eigenvalue weighted by Crippen LogP contribution is 2.17. The first kappa shape index (κ1) is 19.1. The predicted molar refractivity (Wildman–Crippen MR) is 94.1 cm³/mol. The van der Waals surface area contributed by atoms with E-state index in [0.29, 0.717) is 18.5 Å². The van der Waals surface area contributed by atoms with Crippen molar-refractivity contribution in [3.05, 3.63) is 51.7 Å². The smallest absolute Gasteiger partial charge is 0.323 e. The van der Waals surface area contributed by atoms with Gasteiger partial charge in [-0.1, -0.05) is 19.1 Å². The van der Waals surface area contributed by atoms with Gasteiger partial charge in [0.2, 0.25) is 5.91 Å². The van der Waals surface area contributed by atoms with E-state index in [-0.39, 0.29) is 30.7 Å². The molecule has 5 nitrogen and oxygen atoms in total. The second kappa shape index (κ2) is 8.71. The molecule has 7 heteroatoms. The van der Waals surface area contributed by atoms with Gasteiger partial charge in [0.05, 0.1) is 17.1 Å². The van der Waals surface area contributed by atoms with Crippen molar-refractivity contribution in [1.29, 1.82) is 0 Å². The molecule has 0 radical (unpaired) electrons. The SMILES string of the molecule is CCC(C)N(CC(=O)O)C(=O)Cc1csc(Cc2ccc(F)cc2)n1. The van der Waals surface area contributed by atoms with Crippen LogP contribution in [-0.4, -0.2) is 39.5 Å². The summed E-state index contributed by atoms with van der Waals surface area (Å²) in [6.45, 7) is 3.44. The molecule has 2 rings (SSSR count). The summed E-state index contributed by atoms with van der Waals surface area (Å²) in [7, 11) is 0. The van der Waals surface area contributed by atoms with Gasteiger partial charge in [-0.2, -0.15) is 0 Å². The van der Waals surface area contributed by atoms with Crippen LogP contribution in [-0.2, 0) is 22.4 Å². The van der Waals surface area contributed by atoms with Crippen molar-refractivity contribution >= 4 is 23.2 Å². The fraction of sp³-hybridized carbons (Fsp3) is 0.389. The van der Waals surface area contributed by atoms with Gasteiger partial charge in [0.25, 0.3) is 0 Å². The van der Waals surface area contributed by atoms with Crippen LogP contribution in [0.15, 0.2) is 29.6 Å². The van der Waals surface area contributed by atoms with Gasteiger partial charge < -0.3 is 10.0 Å². The summed E-state index contributed by atoms with van der Waals surface area (Å²) < 4.78 is 12.9. The van der Waals surface area contributed by atoms with Crippen molar-refractivity contribution in [3.8, 4) is 0 Å². The first-order valence-electron chi connectivity index (χ1n) is 8.08. The quantitative estimate of drug-likeness (QED) is 0.781. The fourth-order valence-corrected chi connectivity index (χ4v) is 3.23. The second-order valence-electron chi connectivity index (χ2n) is 5.89. The first-order valence-corrected chi connectivity index (χ1v) is 8.96. The number of thiazole rings is 1. The molecule has 0 fully saturated rings. The number of hydrogen-bond acceptors (Lipinski definition) is 4. The first-order chi connectivity index (χ1) is 11.9. The molecule has 0 aliphatic carbocycles. The highest BCUT2D eigenvalue weighted by molar-refractivity contribution is 7.09. The summed E-state index contributed by atoms with van der Waals surface area (Å²) in [6, 6.07) is 6.09. The van der Waals surface area contributed by atoms with Crippen LogP contribution in [0.25, 0.3) is 0 Å². The zero-order valence-corrected chi connectivity index (χ0v) is 15.1. The lowest BCUT2D eigenvalue weighted by molar-refractivity contribution is -0.145. The molecule has 0 aliphatic rings. The normalized spacial score (nSPS) is 12.0. The van der Waals surface area contributed by atoms with Crippen molar-refractivity contribution in [2.24, 2.45) is 0 Å². The number of carbonyl (C=O) groups excluding carboxylic acids is 1. The van der Waals surface area contributed by atoms with Gasteiger partial charge in [-0.05, 0) is 31.0 Å². The number of halogens is 1. The number of rotatable bonds is 8. The van der Waals surface area contributed by atoms with Crippen molar-refractivity contribution in [3.63, 3.8) is 0 Å². The number of amides is 1. The number of aromatic nitrogens is 1. The van der Waals surface area contributed by atoms with Crippen LogP contribution in [0.1, 0.15) is 36.5 Å². The summed E-state index contributed by atoms with van der Waals surface area (Å²) in [4.78, 5) is 29.2. The van der Waals surface area contributed by atoms with Gasteiger partial charge in [-0.15, -0.1) is 11.3 Å². The van der Waals surface area contributed by atoms with Gasteiger partial charge in [-0.3, -0.25) is 9.59 Å². The Kier molecular flexibility index (Phi) is 6.64. The lowest BCUT2D eigenvalue weighted by Crippen LogP contribution is -2.42. The molecule has 1 amide bonds. The Morgan fingerprint density at radius 3 is 2.60 bits per heavy atom. The van der Waals surface area contributed by atoms with Crippen LogP contribution in [0, 0.1) is 5.82 Å². The maximum Gasteiger partial charge on any atom is 0.323 e. The van der Waals surface area contributed by atoms with E-state index in [1.54, 1.807) is 12.1 Å². The van der Waals surface area contributed by atoms with Crippen molar-refractivity contribution in [1.82, 2.24) is 9.88 Å². The number of carboxylic acid groups (broad SMARTS) is 1. The van der Waals surface area contributed by atoms with Crippen LogP contribution in [0.3, 0.4) is 0 Å². The van der Waals surface area contributed by atoms with E-state index in [9.17, 15) is 14.0 Å². The third-order valence-electron chi connectivity index (χ3n) is 3.95. The number of nitrogens with zero attached hydrogens (tertiary/aromatic N) is 2. The summed E-state index contributed by atoms with van der Waals surface area (Å²) in [5.74, 6) is -1.54. The molecule has 0 saturated carbocycles. The Morgan fingerprint density at radius 1 is 1.32 bits per heavy atom. The standard InChI is InChI=1S/C18H21FN2O3S/c1-3-12(2)21(10-18(23)24)17(22)9-15-11-25-16(20-15)8-13-4-6-14(19)7-5-13/h4-7,11-12H,3,8-10H2,1-2H3,(H,23,24). The topological polar surface area (TPSA) is 70.5 Å². The number of aliphatic carboxylic acids is 1. The van der Waals surface area contributed by atoms with E-state index in [1.807, 2.05) is 19.2 Å². The maximum atomic E-state index is 12.9. The molecule has 0 spiro atoms. The van der Waals surface area contributed by atoms with E-state index < -0.39 is 5.97 Å². The molecule has 1 aromatic carbocycles.